The van der Waals surface area contributed by atoms with E-state index in [1.165, 1.54) is 12.1 Å². The summed E-state index contributed by atoms with van der Waals surface area (Å²) < 4.78 is 24.7. The van der Waals surface area contributed by atoms with Crippen LogP contribution in [0.3, 0.4) is 0 Å². The summed E-state index contributed by atoms with van der Waals surface area (Å²) in [5.74, 6) is -1.75. The molecule has 1 radical (unpaired) electrons. The zero-order valence-electron chi connectivity index (χ0n) is 5.44. The number of rotatable bonds is 1. The van der Waals surface area contributed by atoms with E-state index in [1.807, 2.05) is 0 Å². The zero-order valence-corrected chi connectivity index (χ0v) is 6.20. The standard InChI is InChI=1S/C8H4ClF2/c9-4-3-6-1-2-7(10)8(11)5-6/h1-3,5H. The highest BCUT2D eigenvalue weighted by molar-refractivity contribution is 6.23. The molecule has 0 saturated carbocycles. The fraction of sp³-hybridized carbons (Fsp3) is 0. The van der Waals surface area contributed by atoms with E-state index in [4.69, 9.17) is 11.6 Å². The molecule has 0 bridgehead atoms. The largest absolute Gasteiger partial charge is 0.204 e. The lowest BCUT2D eigenvalue weighted by atomic mass is 10.2. The van der Waals surface area contributed by atoms with Gasteiger partial charge in [-0.15, -0.1) is 0 Å². The third-order valence-electron chi connectivity index (χ3n) is 1.16. The highest BCUT2D eigenvalue weighted by Crippen LogP contribution is 2.09. The molecule has 0 amide bonds. The van der Waals surface area contributed by atoms with Crippen LogP contribution in [0.4, 0.5) is 8.78 Å². The van der Waals surface area contributed by atoms with Gasteiger partial charge in [0.05, 0.1) is 5.54 Å². The van der Waals surface area contributed by atoms with Crippen molar-refractivity contribution in [3.05, 3.63) is 40.9 Å². The molecule has 0 atom stereocenters. The number of halogens is 3. The highest BCUT2D eigenvalue weighted by Gasteiger charge is 1.99. The van der Waals surface area contributed by atoms with Crippen LogP contribution in [0.1, 0.15) is 5.56 Å². The van der Waals surface area contributed by atoms with Crippen LogP contribution in [0.25, 0.3) is 6.08 Å². The lowest BCUT2D eigenvalue weighted by molar-refractivity contribution is 0.508. The van der Waals surface area contributed by atoms with E-state index in [2.05, 4.69) is 5.54 Å². The average Bonchev–Trinajstić information content (AvgIpc) is 1.98. The molecule has 0 N–H and O–H groups in total. The lowest BCUT2D eigenvalue weighted by Crippen LogP contribution is -1.82. The summed E-state index contributed by atoms with van der Waals surface area (Å²) in [5, 5.41) is 0. The molecule has 0 aromatic heterocycles. The summed E-state index contributed by atoms with van der Waals surface area (Å²) in [7, 11) is 0. The van der Waals surface area contributed by atoms with Crippen molar-refractivity contribution in [3.63, 3.8) is 0 Å². The molecular formula is C8H4ClF2. The molecule has 3 heteroatoms. The monoisotopic (exact) mass is 173 g/mol. The fourth-order valence-corrected chi connectivity index (χ4v) is 0.791. The van der Waals surface area contributed by atoms with Gasteiger partial charge in [0.15, 0.2) is 11.6 Å². The molecule has 0 nitrogen and oxygen atoms in total. The Balaban J connectivity index is 3.05. The van der Waals surface area contributed by atoms with Gasteiger partial charge in [0.1, 0.15) is 0 Å². The summed E-state index contributed by atoms with van der Waals surface area (Å²) in [5.41, 5.74) is 2.67. The van der Waals surface area contributed by atoms with E-state index in [9.17, 15) is 8.78 Å². The van der Waals surface area contributed by atoms with Gasteiger partial charge in [0.25, 0.3) is 0 Å². The third-order valence-corrected chi connectivity index (χ3v) is 1.27. The van der Waals surface area contributed by atoms with Gasteiger partial charge in [-0.3, -0.25) is 0 Å². The number of hydrogen-bond acceptors (Lipinski definition) is 0. The van der Waals surface area contributed by atoms with Crippen LogP contribution < -0.4 is 0 Å². The first kappa shape index (κ1) is 8.21. The normalized spacial score (nSPS) is 10.8. The second-order valence-corrected chi connectivity index (χ2v) is 2.15. The van der Waals surface area contributed by atoms with E-state index in [-0.39, 0.29) is 0 Å². The molecular weight excluding hydrogens is 170 g/mol. The molecule has 1 aromatic rings. The van der Waals surface area contributed by atoms with Gasteiger partial charge in [-0.05, 0) is 23.8 Å². The quantitative estimate of drug-likeness (QED) is 0.613. The zero-order chi connectivity index (χ0) is 8.27. The first-order valence-corrected chi connectivity index (χ1v) is 3.26. The summed E-state index contributed by atoms with van der Waals surface area (Å²) >= 11 is 5.11. The van der Waals surface area contributed by atoms with Crippen molar-refractivity contribution in [1.29, 1.82) is 0 Å². The molecule has 0 aliphatic carbocycles. The predicted molar refractivity (Wildman–Crippen MR) is 39.9 cm³/mol. The van der Waals surface area contributed by atoms with Crippen LogP contribution in [0.5, 0.6) is 0 Å². The van der Waals surface area contributed by atoms with Crippen molar-refractivity contribution in [2.75, 3.05) is 0 Å². The Labute approximate surface area is 68.1 Å². The van der Waals surface area contributed by atoms with Gasteiger partial charge in [0.2, 0.25) is 0 Å². The van der Waals surface area contributed by atoms with Gasteiger partial charge in [-0.2, -0.15) is 0 Å². The minimum Gasteiger partial charge on any atom is -0.204 e. The average molecular weight is 174 g/mol. The van der Waals surface area contributed by atoms with Crippen LogP contribution in [0.15, 0.2) is 18.2 Å². The van der Waals surface area contributed by atoms with Crippen molar-refractivity contribution >= 4 is 17.7 Å². The first-order chi connectivity index (χ1) is 5.24. The Bertz CT molecular complexity index is 281. The van der Waals surface area contributed by atoms with Crippen LogP contribution in [-0.2, 0) is 0 Å². The van der Waals surface area contributed by atoms with Crippen molar-refractivity contribution < 1.29 is 8.78 Å². The predicted octanol–water partition coefficient (Wildman–Crippen LogP) is 2.98. The molecule has 11 heavy (non-hydrogen) atoms. The van der Waals surface area contributed by atoms with Gasteiger partial charge >= 0.3 is 0 Å². The summed E-state index contributed by atoms with van der Waals surface area (Å²) in [6.07, 6.45) is 1.35. The maximum Gasteiger partial charge on any atom is 0.159 e. The molecule has 1 aromatic carbocycles. The smallest absolute Gasteiger partial charge is 0.159 e. The van der Waals surface area contributed by atoms with Crippen molar-refractivity contribution in [1.82, 2.24) is 0 Å². The Morgan fingerprint density at radius 3 is 2.55 bits per heavy atom. The number of benzene rings is 1. The minimum atomic E-state index is -0.884. The Hall–Kier alpha value is -0.890. The van der Waals surface area contributed by atoms with Crippen LogP contribution in [0.2, 0.25) is 0 Å². The van der Waals surface area contributed by atoms with Crippen LogP contribution >= 0.6 is 11.6 Å². The van der Waals surface area contributed by atoms with Gasteiger partial charge in [-0.25, -0.2) is 8.78 Å². The summed E-state index contributed by atoms with van der Waals surface area (Å²) in [6, 6.07) is 3.49. The summed E-state index contributed by atoms with van der Waals surface area (Å²) in [6.45, 7) is 0. The summed E-state index contributed by atoms with van der Waals surface area (Å²) in [4.78, 5) is 0. The molecule has 0 unspecified atom stereocenters. The van der Waals surface area contributed by atoms with Crippen molar-refractivity contribution in [3.8, 4) is 0 Å². The molecule has 0 aliphatic rings. The van der Waals surface area contributed by atoms with Crippen molar-refractivity contribution in [2.24, 2.45) is 0 Å². The second kappa shape index (κ2) is 3.49. The molecule has 1 rings (SSSR count). The molecule has 57 valence electrons. The van der Waals surface area contributed by atoms with E-state index in [1.54, 1.807) is 0 Å². The Kier molecular flexibility index (Phi) is 2.60. The molecule has 0 aliphatic heterocycles. The molecule has 0 spiro atoms. The fourth-order valence-electron chi connectivity index (χ4n) is 0.665. The second-order valence-electron chi connectivity index (χ2n) is 1.93. The first-order valence-electron chi connectivity index (χ1n) is 2.88. The topological polar surface area (TPSA) is 0 Å². The van der Waals surface area contributed by atoms with E-state index in [0.717, 1.165) is 12.1 Å². The third kappa shape index (κ3) is 2.02. The maximum atomic E-state index is 12.4. The Morgan fingerprint density at radius 2 is 2.00 bits per heavy atom. The Morgan fingerprint density at radius 1 is 1.27 bits per heavy atom. The molecule has 0 saturated heterocycles. The van der Waals surface area contributed by atoms with Gasteiger partial charge < -0.3 is 0 Å². The molecule has 0 fully saturated rings. The molecule has 0 heterocycles. The van der Waals surface area contributed by atoms with Crippen LogP contribution in [-0.4, -0.2) is 0 Å². The van der Waals surface area contributed by atoms with E-state index in [0.29, 0.717) is 5.56 Å². The number of hydrogen-bond donors (Lipinski definition) is 0. The van der Waals surface area contributed by atoms with Crippen LogP contribution in [0, 0.1) is 17.2 Å². The lowest BCUT2D eigenvalue weighted by Gasteiger charge is -1.93. The van der Waals surface area contributed by atoms with Gasteiger partial charge in [0, 0.05) is 0 Å². The van der Waals surface area contributed by atoms with Gasteiger partial charge in [-0.1, -0.05) is 17.7 Å². The van der Waals surface area contributed by atoms with E-state index < -0.39 is 11.6 Å². The SMILES string of the molecule is Fc1ccc(C=[C]Cl)cc1F. The maximum absolute atomic E-state index is 12.4. The van der Waals surface area contributed by atoms with Crippen molar-refractivity contribution in [2.45, 2.75) is 0 Å². The minimum absolute atomic E-state index is 0.485. The highest BCUT2D eigenvalue weighted by atomic mass is 35.5. The van der Waals surface area contributed by atoms with E-state index >= 15 is 0 Å².